The number of carbonyl (C=O) groups excluding carboxylic acids is 2. The standard InChI is InChI=1S/C16H24N4O2/c1-12(2)17-16(22)18-14-4-6-15(7-5-14)20-10-8-19(9-11-20)13(3)21/h4-7,12H,8-11H2,1-3H3,(H2,17,18,22). The molecule has 2 N–H and O–H groups in total. The molecule has 1 aromatic rings. The van der Waals surface area contributed by atoms with E-state index in [1.807, 2.05) is 43.0 Å². The number of hydrogen-bond donors (Lipinski definition) is 2. The van der Waals surface area contributed by atoms with Crippen LogP contribution in [0, 0.1) is 0 Å². The summed E-state index contributed by atoms with van der Waals surface area (Å²) in [5, 5.41) is 5.59. The predicted octanol–water partition coefficient (Wildman–Crippen LogP) is 1.88. The minimum absolute atomic E-state index is 0.108. The Bertz CT molecular complexity index is 519. The molecule has 0 atom stereocenters. The predicted molar refractivity (Wildman–Crippen MR) is 88.2 cm³/mol. The number of piperazine rings is 1. The molecule has 0 radical (unpaired) electrons. The Hall–Kier alpha value is -2.24. The maximum Gasteiger partial charge on any atom is 0.319 e. The Balaban J connectivity index is 1.90. The molecular formula is C16H24N4O2. The van der Waals surface area contributed by atoms with E-state index < -0.39 is 0 Å². The molecule has 22 heavy (non-hydrogen) atoms. The molecule has 1 aromatic carbocycles. The van der Waals surface area contributed by atoms with Crippen molar-refractivity contribution in [3.05, 3.63) is 24.3 Å². The smallest absolute Gasteiger partial charge is 0.319 e. The van der Waals surface area contributed by atoms with Crippen LogP contribution in [-0.2, 0) is 4.79 Å². The van der Waals surface area contributed by atoms with Gasteiger partial charge in [-0.25, -0.2) is 4.79 Å². The van der Waals surface area contributed by atoms with Crippen molar-refractivity contribution >= 4 is 23.3 Å². The number of urea groups is 1. The van der Waals surface area contributed by atoms with Crippen molar-refractivity contribution in [1.29, 1.82) is 0 Å². The van der Waals surface area contributed by atoms with Crippen LogP contribution < -0.4 is 15.5 Å². The summed E-state index contributed by atoms with van der Waals surface area (Å²) >= 11 is 0. The first-order valence-electron chi connectivity index (χ1n) is 7.64. The number of nitrogens with zero attached hydrogens (tertiary/aromatic N) is 2. The van der Waals surface area contributed by atoms with E-state index in [0.717, 1.165) is 37.6 Å². The second kappa shape index (κ2) is 7.15. The lowest BCUT2D eigenvalue weighted by Gasteiger charge is -2.35. The van der Waals surface area contributed by atoms with Gasteiger partial charge in [0, 0.05) is 50.5 Å². The lowest BCUT2D eigenvalue weighted by atomic mass is 10.2. The normalized spacial score (nSPS) is 14.9. The van der Waals surface area contributed by atoms with E-state index in [1.54, 1.807) is 6.92 Å². The minimum atomic E-state index is -0.196. The van der Waals surface area contributed by atoms with E-state index in [0.29, 0.717) is 0 Å². The van der Waals surface area contributed by atoms with Crippen LogP contribution >= 0.6 is 0 Å². The zero-order chi connectivity index (χ0) is 16.1. The molecule has 1 saturated heterocycles. The lowest BCUT2D eigenvalue weighted by Crippen LogP contribution is -2.48. The third-order valence-corrected chi connectivity index (χ3v) is 3.64. The van der Waals surface area contributed by atoms with Gasteiger partial charge in [0.2, 0.25) is 5.91 Å². The summed E-state index contributed by atoms with van der Waals surface area (Å²) in [7, 11) is 0. The quantitative estimate of drug-likeness (QED) is 0.896. The van der Waals surface area contributed by atoms with E-state index in [-0.39, 0.29) is 18.0 Å². The molecule has 0 saturated carbocycles. The van der Waals surface area contributed by atoms with Crippen LogP contribution in [0.25, 0.3) is 0 Å². The van der Waals surface area contributed by atoms with Gasteiger partial charge in [-0.3, -0.25) is 4.79 Å². The minimum Gasteiger partial charge on any atom is -0.368 e. The topological polar surface area (TPSA) is 64.7 Å². The second-order valence-electron chi connectivity index (χ2n) is 5.79. The summed E-state index contributed by atoms with van der Waals surface area (Å²) < 4.78 is 0. The third-order valence-electron chi connectivity index (χ3n) is 3.64. The van der Waals surface area contributed by atoms with Crippen molar-refractivity contribution in [2.45, 2.75) is 26.8 Å². The fraction of sp³-hybridized carbons (Fsp3) is 0.500. The average molecular weight is 304 g/mol. The maximum absolute atomic E-state index is 11.6. The van der Waals surface area contributed by atoms with Crippen LogP contribution in [-0.4, -0.2) is 49.1 Å². The van der Waals surface area contributed by atoms with E-state index in [9.17, 15) is 9.59 Å². The largest absolute Gasteiger partial charge is 0.368 e. The molecule has 0 bridgehead atoms. The molecule has 1 aliphatic rings. The highest BCUT2D eigenvalue weighted by molar-refractivity contribution is 5.89. The summed E-state index contributed by atoms with van der Waals surface area (Å²) in [6.07, 6.45) is 0. The van der Waals surface area contributed by atoms with Gasteiger partial charge in [0.25, 0.3) is 0 Å². The summed E-state index contributed by atoms with van der Waals surface area (Å²) in [5.41, 5.74) is 1.88. The number of nitrogens with one attached hydrogen (secondary N) is 2. The zero-order valence-electron chi connectivity index (χ0n) is 13.4. The molecule has 3 amide bonds. The summed E-state index contributed by atoms with van der Waals surface area (Å²) in [4.78, 5) is 27.1. The fourth-order valence-corrected chi connectivity index (χ4v) is 2.46. The van der Waals surface area contributed by atoms with Gasteiger partial charge < -0.3 is 20.4 Å². The third kappa shape index (κ3) is 4.38. The number of amides is 3. The first-order valence-corrected chi connectivity index (χ1v) is 7.64. The summed E-state index contributed by atoms with van der Waals surface area (Å²) in [6.45, 7) is 8.63. The Morgan fingerprint density at radius 1 is 1.05 bits per heavy atom. The molecule has 0 aromatic heterocycles. The maximum atomic E-state index is 11.6. The summed E-state index contributed by atoms with van der Waals surface area (Å²) in [6, 6.07) is 7.69. The number of carbonyl (C=O) groups is 2. The lowest BCUT2D eigenvalue weighted by molar-refractivity contribution is -0.129. The van der Waals surface area contributed by atoms with Crippen molar-refractivity contribution in [2.75, 3.05) is 36.4 Å². The molecule has 2 rings (SSSR count). The first kappa shape index (κ1) is 16.1. The van der Waals surface area contributed by atoms with Gasteiger partial charge in [0.05, 0.1) is 0 Å². The van der Waals surface area contributed by atoms with Gasteiger partial charge in [-0.2, -0.15) is 0 Å². The number of benzene rings is 1. The van der Waals surface area contributed by atoms with Crippen LogP contribution in [0.4, 0.5) is 16.2 Å². The Kier molecular flexibility index (Phi) is 5.25. The van der Waals surface area contributed by atoms with Gasteiger partial charge >= 0.3 is 6.03 Å². The molecule has 120 valence electrons. The molecule has 1 heterocycles. The Morgan fingerprint density at radius 2 is 1.64 bits per heavy atom. The van der Waals surface area contributed by atoms with Crippen molar-refractivity contribution in [2.24, 2.45) is 0 Å². The van der Waals surface area contributed by atoms with E-state index in [2.05, 4.69) is 15.5 Å². The Morgan fingerprint density at radius 3 is 2.14 bits per heavy atom. The fourth-order valence-electron chi connectivity index (χ4n) is 2.46. The van der Waals surface area contributed by atoms with Crippen molar-refractivity contribution in [1.82, 2.24) is 10.2 Å². The van der Waals surface area contributed by atoms with Gasteiger partial charge in [0.15, 0.2) is 0 Å². The van der Waals surface area contributed by atoms with Crippen molar-refractivity contribution in [3.63, 3.8) is 0 Å². The monoisotopic (exact) mass is 304 g/mol. The van der Waals surface area contributed by atoms with Crippen LogP contribution in [0.5, 0.6) is 0 Å². The van der Waals surface area contributed by atoms with E-state index in [4.69, 9.17) is 0 Å². The molecular weight excluding hydrogens is 280 g/mol. The van der Waals surface area contributed by atoms with Crippen LogP contribution in [0.3, 0.4) is 0 Å². The molecule has 0 unspecified atom stereocenters. The van der Waals surface area contributed by atoms with Crippen molar-refractivity contribution in [3.8, 4) is 0 Å². The summed E-state index contributed by atoms with van der Waals surface area (Å²) in [5.74, 6) is 0.135. The highest BCUT2D eigenvalue weighted by Crippen LogP contribution is 2.19. The SMILES string of the molecule is CC(=O)N1CCN(c2ccc(NC(=O)NC(C)C)cc2)CC1. The average Bonchev–Trinajstić information content (AvgIpc) is 2.47. The van der Waals surface area contributed by atoms with Gasteiger partial charge in [-0.05, 0) is 38.1 Å². The molecule has 6 heteroatoms. The van der Waals surface area contributed by atoms with Crippen LogP contribution in [0.15, 0.2) is 24.3 Å². The highest BCUT2D eigenvalue weighted by atomic mass is 16.2. The molecule has 6 nitrogen and oxygen atoms in total. The zero-order valence-corrected chi connectivity index (χ0v) is 13.4. The molecule has 1 fully saturated rings. The van der Waals surface area contributed by atoms with Crippen molar-refractivity contribution < 1.29 is 9.59 Å². The van der Waals surface area contributed by atoms with Gasteiger partial charge in [-0.15, -0.1) is 0 Å². The number of hydrogen-bond acceptors (Lipinski definition) is 3. The van der Waals surface area contributed by atoms with E-state index in [1.165, 1.54) is 0 Å². The first-order chi connectivity index (χ1) is 10.5. The molecule has 1 aliphatic heterocycles. The van der Waals surface area contributed by atoms with Crippen LogP contribution in [0.2, 0.25) is 0 Å². The number of rotatable bonds is 3. The molecule has 0 aliphatic carbocycles. The number of anilines is 2. The molecule has 0 spiro atoms. The van der Waals surface area contributed by atoms with E-state index >= 15 is 0 Å². The highest BCUT2D eigenvalue weighted by Gasteiger charge is 2.18. The van der Waals surface area contributed by atoms with Crippen LogP contribution in [0.1, 0.15) is 20.8 Å². The Labute approximate surface area is 131 Å². The second-order valence-corrected chi connectivity index (χ2v) is 5.79. The van der Waals surface area contributed by atoms with Gasteiger partial charge in [-0.1, -0.05) is 0 Å². The van der Waals surface area contributed by atoms with Gasteiger partial charge in [0.1, 0.15) is 0 Å².